The molecule has 0 aromatic heterocycles. The summed E-state index contributed by atoms with van der Waals surface area (Å²) >= 11 is 0. The number of phenols is 1. The normalized spacial score (nSPS) is 11.9. The molecule has 3 amide bonds. The number of nitrogens with one attached hydrogen (secondary N) is 2. The number of alkyl carbamates (subject to hydrolysis) is 1. The van der Waals surface area contributed by atoms with Gasteiger partial charge in [-0.1, -0.05) is 74.7 Å². The Morgan fingerprint density at radius 3 is 2.25 bits per heavy atom. The van der Waals surface area contributed by atoms with E-state index in [4.69, 9.17) is 4.74 Å². The van der Waals surface area contributed by atoms with E-state index in [0.29, 0.717) is 18.5 Å². The lowest BCUT2D eigenvalue weighted by molar-refractivity contribution is -0.140. The lowest BCUT2D eigenvalue weighted by atomic mass is 10.0. The van der Waals surface area contributed by atoms with Crippen molar-refractivity contribution in [3.63, 3.8) is 0 Å². The van der Waals surface area contributed by atoms with Crippen LogP contribution in [0.5, 0.6) is 5.75 Å². The molecule has 0 aliphatic heterocycles. The Hall–Kier alpha value is -3.55. The van der Waals surface area contributed by atoms with Gasteiger partial charge in [-0.3, -0.25) is 9.59 Å². The molecule has 0 bridgehead atoms. The molecule has 8 nitrogen and oxygen atoms in total. The second-order valence-electron chi connectivity index (χ2n) is 9.67. The molecule has 3 N–H and O–H groups in total. The molecule has 0 spiro atoms. The van der Waals surface area contributed by atoms with Gasteiger partial charge in [0.15, 0.2) is 0 Å². The second kappa shape index (κ2) is 14.1. The molecule has 2 aromatic carbocycles. The summed E-state index contributed by atoms with van der Waals surface area (Å²) in [6.07, 6.45) is 2.88. The number of carbonyl (C=O) groups excluding carboxylic acids is 3. The minimum absolute atomic E-state index is 0.0798. The van der Waals surface area contributed by atoms with Gasteiger partial charge >= 0.3 is 6.09 Å². The van der Waals surface area contributed by atoms with Gasteiger partial charge in [0, 0.05) is 18.7 Å². The van der Waals surface area contributed by atoms with Crippen molar-refractivity contribution in [3.05, 3.63) is 65.7 Å². The molecule has 2 rings (SSSR count). The van der Waals surface area contributed by atoms with Crippen LogP contribution in [0.25, 0.3) is 0 Å². The summed E-state index contributed by atoms with van der Waals surface area (Å²) in [6, 6.07) is 14.9. The van der Waals surface area contributed by atoms with Gasteiger partial charge in [-0.2, -0.15) is 0 Å². The molecule has 196 valence electrons. The highest BCUT2D eigenvalue weighted by Crippen LogP contribution is 2.29. The maximum atomic E-state index is 13.5. The Labute approximate surface area is 214 Å². The minimum atomic E-state index is -1.07. The summed E-state index contributed by atoms with van der Waals surface area (Å²) in [5.74, 6) is -0.939. The fraction of sp³-hybridized carbons (Fsp3) is 0.464. The molecule has 8 heteroatoms. The molecule has 0 fully saturated rings. The van der Waals surface area contributed by atoms with Crippen LogP contribution in [0.1, 0.15) is 70.5 Å². The van der Waals surface area contributed by atoms with Crippen molar-refractivity contribution in [2.75, 3.05) is 13.1 Å². The highest BCUT2D eigenvalue weighted by Gasteiger charge is 2.33. The lowest BCUT2D eigenvalue weighted by Gasteiger charge is -2.32. The number of benzene rings is 2. The molecule has 2 aromatic rings. The third-order valence-electron chi connectivity index (χ3n) is 5.46. The standard InChI is InChI=1S/C28H39N3O5/c1-5-6-7-13-18-31(24(33)20-30-27(35)36-28(2,3)4)25(22-16-11-12-17-23(22)32)26(34)29-19-21-14-9-8-10-15-21/h8-12,14-17,25,32H,5-7,13,18-20H2,1-4H3,(H,29,34)(H,30,35). The quantitative estimate of drug-likeness (QED) is 0.369. The van der Waals surface area contributed by atoms with Gasteiger partial charge in [0.05, 0.1) is 0 Å². The first-order valence-corrected chi connectivity index (χ1v) is 12.5. The van der Waals surface area contributed by atoms with E-state index in [0.717, 1.165) is 24.8 Å². The van der Waals surface area contributed by atoms with E-state index in [1.165, 1.54) is 11.0 Å². The Morgan fingerprint density at radius 2 is 1.61 bits per heavy atom. The number of nitrogens with zero attached hydrogens (tertiary/aromatic N) is 1. The van der Waals surface area contributed by atoms with E-state index in [1.54, 1.807) is 39.0 Å². The zero-order chi connectivity index (χ0) is 26.6. The van der Waals surface area contributed by atoms with E-state index in [9.17, 15) is 19.5 Å². The van der Waals surface area contributed by atoms with Crippen LogP contribution in [0.15, 0.2) is 54.6 Å². The first kappa shape index (κ1) is 28.7. The molecule has 0 heterocycles. The van der Waals surface area contributed by atoms with E-state index in [-0.39, 0.29) is 18.8 Å². The number of para-hydroxylation sites is 1. The maximum Gasteiger partial charge on any atom is 0.408 e. The van der Waals surface area contributed by atoms with E-state index >= 15 is 0 Å². The third kappa shape index (κ3) is 9.60. The van der Waals surface area contributed by atoms with Crippen molar-refractivity contribution in [3.8, 4) is 5.75 Å². The summed E-state index contributed by atoms with van der Waals surface area (Å²) in [5, 5.41) is 16.0. The molecule has 1 unspecified atom stereocenters. The summed E-state index contributed by atoms with van der Waals surface area (Å²) < 4.78 is 5.24. The smallest absolute Gasteiger partial charge is 0.408 e. The first-order valence-electron chi connectivity index (χ1n) is 12.5. The molecule has 36 heavy (non-hydrogen) atoms. The Bertz CT molecular complexity index is 988. The van der Waals surface area contributed by atoms with Gasteiger partial charge in [0.1, 0.15) is 23.9 Å². The van der Waals surface area contributed by atoms with Gasteiger partial charge in [-0.25, -0.2) is 4.79 Å². The highest BCUT2D eigenvalue weighted by molar-refractivity contribution is 5.91. The van der Waals surface area contributed by atoms with Crippen LogP contribution in [0.2, 0.25) is 0 Å². The summed E-state index contributed by atoms with van der Waals surface area (Å²) in [6.45, 7) is 7.54. The summed E-state index contributed by atoms with van der Waals surface area (Å²) in [4.78, 5) is 40.5. The minimum Gasteiger partial charge on any atom is -0.508 e. The van der Waals surface area contributed by atoms with Crippen LogP contribution >= 0.6 is 0 Å². The molecule has 1 atom stereocenters. The van der Waals surface area contributed by atoms with E-state index < -0.39 is 29.6 Å². The van der Waals surface area contributed by atoms with Gasteiger partial charge in [-0.05, 0) is 38.8 Å². The highest BCUT2D eigenvalue weighted by atomic mass is 16.6. The van der Waals surface area contributed by atoms with Gasteiger partial charge < -0.3 is 25.4 Å². The number of hydrogen-bond donors (Lipinski definition) is 3. The zero-order valence-corrected chi connectivity index (χ0v) is 21.8. The van der Waals surface area contributed by atoms with Crippen LogP contribution in [0.4, 0.5) is 4.79 Å². The fourth-order valence-electron chi connectivity index (χ4n) is 3.72. The molecule has 0 radical (unpaired) electrons. The number of carbonyl (C=O) groups is 3. The second-order valence-corrected chi connectivity index (χ2v) is 9.67. The van der Waals surface area contributed by atoms with Crippen molar-refractivity contribution in [2.45, 2.75) is 71.6 Å². The monoisotopic (exact) mass is 497 g/mol. The zero-order valence-electron chi connectivity index (χ0n) is 21.8. The number of unbranched alkanes of at least 4 members (excludes halogenated alkanes) is 3. The van der Waals surface area contributed by atoms with Crippen LogP contribution < -0.4 is 10.6 Å². The van der Waals surface area contributed by atoms with Crippen LogP contribution in [-0.4, -0.2) is 46.6 Å². The van der Waals surface area contributed by atoms with Crippen molar-refractivity contribution < 1.29 is 24.2 Å². The summed E-state index contributed by atoms with van der Waals surface area (Å²) in [5.41, 5.74) is 0.529. The molecular formula is C28H39N3O5. The number of phenolic OH excluding ortho intramolecular Hbond substituents is 1. The third-order valence-corrected chi connectivity index (χ3v) is 5.46. The van der Waals surface area contributed by atoms with Crippen LogP contribution in [0.3, 0.4) is 0 Å². The van der Waals surface area contributed by atoms with Crippen molar-refractivity contribution in [1.29, 1.82) is 0 Å². The predicted octanol–water partition coefficient (Wildman–Crippen LogP) is 4.68. The Morgan fingerprint density at radius 1 is 0.944 bits per heavy atom. The number of rotatable bonds is 12. The number of ether oxygens (including phenoxy) is 1. The average molecular weight is 498 g/mol. The molecule has 0 aliphatic rings. The number of aromatic hydroxyl groups is 1. The number of amides is 3. The van der Waals surface area contributed by atoms with Gasteiger partial charge in [0.2, 0.25) is 11.8 Å². The van der Waals surface area contributed by atoms with Gasteiger partial charge in [0.25, 0.3) is 0 Å². The molecule has 0 aliphatic carbocycles. The van der Waals surface area contributed by atoms with Crippen LogP contribution in [-0.2, 0) is 20.9 Å². The first-order chi connectivity index (χ1) is 17.1. The fourth-order valence-corrected chi connectivity index (χ4v) is 3.72. The largest absolute Gasteiger partial charge is 0.508 e. The van der Waals surface area contributed by atoms with E-state index in [1.807, 2.05) is 30.3 Å². The average Bonchev–Trinajstić information content (AvgIpc) is 2.83. The maximum absolute atomic E-state index is 13.5. The van der Waals surface area contributed by atoms with Crippen molar-refractivity contribution in [1.82, 2.24) is 15.5 Å². The molecule has 0 saturated carbocycles. The summed E-state index contributed by atoms with van der Waals surface area (Å²) in [7, 11) is 0. The van der Waals surface area contributed by atoms with Crippen molar-refractivity contribution in [2.24, 2.45) is 0 Å². The molecular weight excluding hydrogens is 458 g/mol. The van der Waals surface area contributed by atoms with Gasteiger partial charge in [-0.15, -0.1) is 0 Å². The molecule has 0 saturated heterocycles. The number of hydrogen-bond acceptors (Lipinski definition) is 5. The topological polar surface area (TPSA) is 108 Å². The van der Waals surface area contributed by atoms with E-state index in [2.05, 4.69) is 17.6 Å². The van der Waals surface area contributed by atoms with Crippen LogP contribution in [0, 0.1) is 0 Å². The lowest BCUT2D eigenvalue weighted by Crippen LogP contribution is -2.48. The Balaban J connectivity index is 2.29. The van der Waals surface area contributed by atoms with Crippen molar-refractivity contribution >= 4 is 17.9 Å². The predicted molar refractivity (Wildman–Crippen MR) is 139 cm³/mol. The SMILES string of the molecule is CCCCCCN(C(=O)CNC(=O)OC(C)(C)C)C(C(=O)NCc1ccccc1)c1ccccc1O. The Kier molecular flexibility index (Phi) is 11.2.